The van der Waals surface area contributed by atoms with Crippen molar-refractivity contribution in [2.75, 3.05) is 6.61 Å². The van der Waals surface area contributed by atoms with E-state index in [4.69, 9.17) is 4.74 Å². The maximum absolute atomic E-state index is 11.4. The van der Waals surface area contributed by atoms with Crippen LogP contribution in [0.2, 0.25) is 0 Å². The molecule has 1 aromatic rings. The van der Waals surface area contributed by atoms with Gasteiger partial charge in [-0.3, -0.25) is 10.1 Å². The Kier molecular flexibility index (Phi) is 4.42. The Balaban J connectivity index is 3.17. The minimum absolute atomic E-state index is 0.0171. The third-order valence-electron chi connectivity index (χ3n) is 1.91. The molecule has 86 valence electrons. The fourth-order valence-electron chi connectivity index (χ4n) is 1.19. The van der Waals surface area contributed by atoms with Gasteiger partial charge in [-0.05, 0) is 18.6 Å². The summed E-state index contributed by atoms with van der Waals surface area (Å²) in [6.45, 7) is 1.84. The molecule has 0 bridgehead atoms. The van der Waals surface area contributed by atoms with Crippen molar-refractivity contribution in [3.63, 3.8) is 0 Å². The summed E-state index contributed by atoms with van der Waals surface area (Å²) < 4.78 is 4.74. The van der Waals surface area contributed by atoms with Gasteiger partial charge in [-0.1, -0.05) is 22.0 Å². The van der Waals surface area contributed by atoms with Crippen LogP contribution in [0.25, 0.3) is 0 Å². The number of nitrogens with zero attached hydrogens (tertiary/aromatic N) is 1. The molecule has 0 saturated heterocycles. The molecule has 5 nitrogen and oxygen atoms in total. The number of hydrogen-bond donors (Lipinski definition) is 0. The summed E-state index contributed by atoms with van der Waals surface area (Å²) in [4.78, 5) is 21.6. The first-order chi connectivity index (χ1) is 7.60. The van der Waals surface area contributed by atoms with E-state index in [1.807, 2.05) is 0 Å². The number of ether oxygens (including phenoxy) is 1. The van der Waals surface area contributed by atoms with Crippen molar-refractivity contribution in [2.24, 2.45) is 0 Å². The third kappa shape index (κ3) is 2.79. The van der Waals surface area contributed by atoms with Crippen LogP contribution in [0.1, 0.15) is 22.8 Å². The van der Waals surface area contributed by atoms with Crippen LogP contribution in [0, 0.1) is 10.1 Å². The van der Waals surface area contributed by atoms with E-state index < -0.39 is 10.9 Å². The highest BCUT2D eigenvalue weighted by atomic mass is 79.9. The zero-order chi connectivity index (χ0) is 12.1. The lowest BCUT2D eigenvalue weighted by Crippen LogP contribution is -2.08. The molecule has 0 atom stereocenters. The number of benzene rings is 1. The largest absolute Gasteiger partial charge is 0.462 e. The smallest absolute Gasteiger partial charge is 0.345 e. The Morgan fingerprint density at radius 2 is 2.25 bits per heavy atom. The fraction of sp³-hybridized carbons (Fsp3) is 0.300. The quantitative estimate of drug-likeness (QED) is 0.369. The average Bonchev–Trinajstić information content (AvgIpc) is 2.28. The summed E-state index contributed by atoms with van der Waals surface area (Å²) in [5.41, 5.74) is 0.492. The summed E-state index contributed by atoms with van der Waals surface area (Å²) in [5.74, 6) is -0.671. The molecule has 0 aromatic heterocycles. The van der Waals surface area contributed by atoms with Gasteiger partial charge in [0.05, 0.1) is 11.5 Å². The SMILES string of the molecule is CCOC(=O)c1ccc(CBr)cc1[N+](=O)[O-]. The number of nitro benzene ring substituents is 1. The summed E-state index contributed by atoms with van der Waals surface area (Å²) in [6.07, 6.45) is 0. The Hall–Kier alpha value is -1.43. The van der Waals surface area contributed by atoms with Gasteiger partial charge in [0.1, 0.15) is 5.56 Å². The van der Waals surface area contributed by atoms with Crippen molar-refractivity contribution in [3.8, 4) is 0 Å². The van der Waals surface area contributed by atoms with E-state index in [9.17, 15) is 14.9 Å². The van der Waals surface area contributed by atoms with E-state index in [-0.39, 0.29) is 17.9 Å². The molecule has 6 heteroatoms. The third-order valence-corrected chi connectivity index (χ3v) is 2.56. The Morgan fingerprint density at radius 1 is 1.56 bits per heavy atom. The van der Waals surface area contributed by atoms with Gasteiger partial charge < -0.3 is 4.74 Å². The highest BCUT2D eigenvalue weighted by Crippen LogP contribution is 2.22. The fourth-order valence-corrected chi connectivity index (χ4v) is 1.54. The molecule has 0 aliphatic heterocycles. The van der Waals surface area contributed by atoms with E-state index in [0.29, 0.717) is 5.33 Å². The second-order valence-corrected chi connectivity index (χ2v) is 3.52. The molecule has 0 N–H and O–H groups in total. The van der Waals surface area contributed by atoms with Crippen LogP contribution in [0.3, 0.4) is 0 Å². The van der Waals surface area contributed by atoms with Crippen LogP contribution in [0.15, 0.2) is 18.2 Å². The highest BCUT2D eigenvalue weighted by Gasteiger charge is 2.21. The van der Waals surface area contributed by atoms with Crippen molar-refractivity contribution in [3.05, 3.63) is 39.4 Å². The normalized spacial score (nSPS) is 9.88. The molecule has 0 amide bonds. The van der Waals surface area contributed by atoms with Crippen molar-refractivity contribution in [1.29, 1.82) is 0 Å². The van der Waals surface area contributed by atoms with Gasteiger partial charge in [-0.2, -0.15) is 0 Å². The number of halogens is 1. The maximum Gasteiger partial charge on any atom is 0.345 e. The number of alkyl halides is 1. The van der Waals surface area contributed by atoms with Gasteiger partial charge in [0.2, 0.25) is 0 Å². The lowest BCUT2D eigenvalue weighted by Gasteiger charge is -2.04. The number of rotatable bonds is 4. The second kappa shape index (κ2) is 5.60. The second-order valence-electron chi connectivity index (χ2n) is 2.96. The van der Waals surface area contributed by atoms with E-state index >= 15 is 0 Å². The van der Waals surface area contributed by atoms with Gasteiger partial charge in [-0.15, -0.1) is 0 Å². The Labute approximate surface area is 101 Å². The van der Waals surface area contributed by atoms with Crippen LogP contribution >= 0.6 is 15.9 Å². The standard InChI is InChI=1S/C10H10BrNO4/c1-2-16-10(13)8-4-3-7(6-11)5-9(8)12(14)15/h3-5H,2,6H2,1H3. The molecule has 0 aliphatic carbocycles. The number of esters is 1. The zero-order valence-electron chi connectivity index (χ0n) is 8.60. The number of carbonyl (C=O) groups excluding carboxylic acids is 1. The van der Waals surface area contributed by atoms with Crippen molar-refractivity contribution < 1.29 is 14.5 Å². The number of hydrogen-bond acceptors (Lipinski definition) is 4. The maximum atomic E-state index is 11.4. The van der Waals surface area contributed by atoms with Crippen molar-refractivity contribution >= 4 is 27.6 Å². The lowest BCUT2D eigenvalue weighted by molar-refractivity contribution is -0.385. The molecule has 1 aromatic carbocycles. The first kappa shape index (κ1) is 12.6. The van der Waals surface area contributed by atoms with Gasteiger partial charge in [0.25, 0.3) is 5.69 Å². The predicted molar refractivity (Wildman–Crippen MR) is 61.7 cm³/mol. The molecule has 0 saturated carbocycles. The topological polar surface area (TPSA) is 69.4 Å². The molecule has 0 aliphatic rings. The summed E-state index contributed by atoms with van der Waals surface area (Å²) in [5, 5.41) is 11.3. The number of nitro groups is 1. The van der Waals surface area contributed by atoms with Crippen LogP contribution in [-0.4, -0.2) is 17.5 Å². The molecule has 0 heterocycles. The van der Waals surface area contributed by atoms with Gasteiger partial charge >= 0.3 is 5.97 Å². The molecule has 0 unspecified atom stereocenters. The first-order valence-electron chi connectivity index (χ1n) is 4.60. The molecular weight excluding hydrogens is 278 g/mol. The zero-order valence-corrected chi connectivity index (χ0v) is 10.2. The van der Waals surface area contributed by atoms with E-state index in [1.54, 1.807) is 13.0 Å². The number of carbonyl (C=O) groups is 1. The van der Waals surface area contributed by atoms with Crippen molar-refractivity contribution in [1.82, 2.24) is 0 Å². The van der Waals surface area contributed by atoms with E-state index in [1.165, 1.54) is 12.1 Å². The molecule has 1 rings (SSSR count). The first-order valence-corrected chi connectivity index (χ1v) is 5.72. The molecule has 0 fully saturated rings. The van der Waals surface area contributed by atoms with Crippen LogP contribution in [0.4, 0.5) is 5.69 Å². The molecule has 16 heavy (non-hydrogen) atoms. The minimum Gasteiger partial charge on any atom is -0.462 e. The van der Waals surface area contributed by atoms with Crippen LogP contribution < -0.4 is 0 Å². The van der Waals surface area contributed by atoms with Gasteiger partial charge in [0, 0.05) is 11.4 Å². The molecular formula is C10H10BrNO4. The Morgan fingerprint density at radius 3 is 2.75 bits per heavy atom. The van der Waals surface area contributed by atoms with Gasteiger partial charge in [0.15, 0.2) is 0 Å². The molecule has 0 radical (unpaired) electrons. The predicted octanol–water partition coefficient (Wildman–Crippen LogP) is 2.67. The van der Waals surface area contributed by atoms with Crippen LogP contribution in [0.5, 0.6) is 0 Å². The van der Waals surface area contributed by atoms with E-state index in [0.717, 1.165) is 5.56 Å². The van der Waals surface area contributed by atoms with Crippen LogP contribution in [-0.2, 0) is 10.1 Å². The molecule has 0 spiro atoms. The summed E-state index contributed by atoms with van der Waals surface area (Å²) >= 11 is 3.19. The van der Waals surface area contributed by atoms with E-state index in [2.05, 4.69) is 15.9 Å². The van der Waals surface area contributed by atoms with Crippen molar-refractivity contribution in [2.45, 2.75) is 12.3 Å². The monoisotopic (exact) mass is 287 g/mol. The minimum atomic E-state index is -0.671. The lowest BCUT2D eigenvalue weighted by atomic mass is 10.1. The summed E-state index contributed by atoms with van der Waals surface area (Å²) in [6, 6.07) is 4.42. The Bertz CT molecular complexity index is 419. The average molecular weight is 288 g/mol. The summed E-state index contributed by atoms with van der Waals surface area (Å²) in [7, 11) is 0. The van der Waals surface area contributed by atoms with Gasteiger partial charge in [-0.25, -0.2) is 4.79 Å². The highest BCUT2D eigenvalue weighted by molar-refractivity contribution is 9.08.